The van der Waals surface area contributed by atoms with Gasteiger partial charge in [0, 0.05) is 6.92 Å². The standard InChI is InChI=1S/C18H21NO4/c1-4-15-12(2)16(11-22-13(3)20)19-17(15)18(21)23-10-14-8-6-5-7-9-14/h5-9,19H,4,10-11H2,1-3H3. The van der Waals surface area contributed by atoms with E-state index < -0.39 is 5.97 Å². The minimum Gasteiger partial charge on any atom is -0.459 e. The van der Waals surface area contributed by atoms with Gasteiger partial charge in [0.15, 0.2) is 0 Å². The zero-order valence-corrected chi connectivity index (χ0v) is 13.6. The summed E-state index contributed by atoms with van der Waals surface area (Å²) >= 11 is 0. The molecule has 23 heavy (non-hydrogen) atoms. The minimum absolute atomic E-state index is 0.125. The van der Waals surface area contributed by atoms with E-state index in [0.717, 1.165) is 22.4 Å². The normalized spacial score (nSPS) is 10.4. The molecule has 1 N–H and O–H groups in total. The molecule has 122 valence electrons. The topological polar surface area (TPSA) is 68.4 Å². The van der Waals surface area contributed by atoms with Crippen molar-refractivity contribution < 1.29 is 19.1 Å². The summed E-state index contributed by atoms with van der Waals surface area (Å²) in [6.07, 6.45) is 0.693. The number of rotatable bonds is 6. The van der Waals surface area contributed by atoms with Gasteiger partial charge in [-0.25, -0.2) is 4.79 Å². The Balaban J connectivity index is 2.12. The second kappa shape index (κ2) is 7.63. The Labute approximate surface area is 135 Å². The summed E-state index contributed by atoms with van der Waals surface area (Å²) in [5, 5.41) is 0. The van der Waals surface area contributed by atoms with Crippen LogP contribution in [-0.4, -0.2) is 16.9 Å². The number of H-pyrrole nitrogens is 1. The van der Waals surface area contributed by atoms with Crippen LogP contribution in [0.5, 0.6) is 0 Å². The molecule has 0 unspecified atom stereocenters. The molecule has 0 aliphatic carbocycles. The molecule has 2 rings (SSSR count). The Morgan fingerprint density at radius 2 is 1.78 bits per heavy atom. The molecule has 0 saturated carbocycles. The van der Waals surface area contributed by atoms with Gasteiger partial charge in [0.05, 0.1) is 5.69 Å². The fraction of sp³-hybridized carbons (Fsp3) is 0.333. The van der Waals surface area contributed by atoms with Gasteiger partial charge in [-0.15, -0.1) is 0 Å². The third-order valence-corrected chi connectivity index (χ3v) is 3.67. The number of esters is 2. The number of ether oxygens (including phenoxy) is 2. The lowest BCUT2D eigenvalue weighted by Gasteiger charge is -2.05. The second-order valence-electron chi connectivity index (χ2n) is 5.28. The lowest BCUT2D eigenvalue weighted by atomic mass is 10.1. The predicted octanol–water partition coefficient (Wildman–Crippen LogP) is 3.31. The second-order valence-corrected chi connectivity index (χ2v) is 5.28. The molecule has 0 bridgehead atoms. The average molecular weight is 315 g/mol. The number of aromatic amines is 1. The molecule has 0 atom stereocenters. The monoisotopic (exact) mass is 315 g/mol. The highest BCUT2D eigenvalue weighted by atomic mass is 16.5. The highest BCUT2D eigenvalue weighted by molar-refractivity contribution is 5.90. The lowest BCUT2D eigenvalue weighted by molar-refractivity contribution is -0.142. The van der Waals surface area contributed by atoms with E-state index in [1.54, 1.807) is 0 Å². The Bertz CT molecular complexity index is 689. The summed E-state index contributed by atoms with van der Waals surface area (Å²) < 4.78 is 10.4. The van der Waals surface area contributed by atoms with Gasteiger partial charge < -0.3 is 14.5 Å². The summed E-state index contributed by atoms with van der Waals surface area (Å²) in [6, 6.07) is 9.52. The molecule has 1 aromatic carbocycles. The smallest absolute Gasteiger partial charge is 0.355 e. The molecule has 0 aliphatic rings. The van der Waals surface area contributed by atoms with Gasteiger partial charge in [-0.1, -0.05) is 37.3 Å². The summed E-state index contributed by atoms with van der Waals surface area (Å²) in [5.41, 5.74) is 3.92. The molecule has 1 heterocycles. The zero-order chi connectivity index (χ0) is 16.8. The van der Waals surface area contributed by atoms with E-state index in [1.807, 2.05) is 44.2 Å². The van der Waals surface area contributed by atoms with Crippen molar-refractivity contribution in [2.24, 2.45) is 0 Å². The Morgan fingerprint density at radius 1 is 1.09 bits per heavy atom. The van der Waals surface area contributed by atoms with Crippen LogP contribution < -0.4 is 0 Å². The predicted molar refractivity (Wildman–Crippen MR) is 85.9 cm³/mol. The van der Waals surface area contributed by atoms with Gasteiger partial charge in [0.1, 0.15) is 18.9 Å². The fourth-order valence-corrected chi connectivity index (χ4v) is 2.42. The van der Waals surface area contributed by atoms with Crippen LogP contribution in [0.25, 0.3) is 0 Å². The maximum atomic E-state index is 12.3. The van der Waals surface area contributed by atoms with E-state index in [4.69, 9.17) is 9.47 Å². The SMILES string of the molecule is CCc1c(C(=O)OCc2ccccc2)[nH]c(COC(C)=O)c1C. The van der Waals surface area contributed by atoms with Crippen LogP contribution in [0.3, 0.4) is 0 Å². The van der Waals surface area contributed by atoms with Crippen LogP contribution in [0, 0.1) is 6.92 Å². The number of hydrogen-bond acceptors (Lipinski definition) is 4. The Kier molecular flexibility index (Phi) is 5.57. The zero-order valence-electron chi connectivity index (χ0n) is 13.6. The molecule has 0 aliphatic heterocycles. The Morgan fingerprint density at radius 3 is 2.39 bits per heavy atom. The summed E-state index contributed by atoms with van der Waals surface area (Å²) in [6.45, 7) is 5.58. The minimum atomic E-state index is -0.400. The van der Waals surface area contributed by atoms with Gasteiger partial charge >= 0.3 is 11.9 Å². The molecule has 0 fully saturated rings. The van der Waals surface area contributed by atoms with Crippen molar-refractivity contribution in [3.63, 3.8) is 0 Å². The van der Waals surface area contributed by atoms with Crippen molar-refractivity contribution in [2.45, 2.75) is 40.4 Å². The number of nitrogens with one attached hydrogen (secondary N) is 1. The van der Waals surface area contributed by atoms with E-state index in [-0.39, 0.29) is 19.2 Å². The van der Waals surface area contributed by atoms with Crippen molar-refractivity contribution in [1.29, 1.82) is 0 Å². The first-order valence-corrected chi connectivity index (χ1v) is 7.57. The molecular formula is C18H21NO4. The van der Waals surface area contributed by atoms with Crippen molar-refractivity contribution in [2.75, 3.05) is 0 Å². The molecule has 0 radical (unpaired) electrons. The third-order valence-electron chi connectivity index (χ3n) is 3.67. The molecule has 2 aromatic rings. The van der Waals surface area contributed by atoms with Gasteiger partial charge in [0.2, 0.25) is 0 Å². The highest BCUT2D eigenvalue weighted by Gasteiger charge is 2.20. The van der Waals surface area contributed by atoms with Crippen molar-refractivity contribution in [3.05, 3.63) is 58.4 Å². The van der Waals surface area contributed by atoms with E-state index in [0.29, 0.717) is 12.1 Å². The highest BCUT2D eigenvalue weighted by Crippen LogP contribution is 2.21. The summed E-state index contributed by atoms with van der Waals surface area (Å²) in [5.74, 6) is -0.756. The van der Waals surface area contributed by atoms with Crippen LogP contribution in [0.15, 0.2) is 30.3 Å². The first-order valence-electron chi connectivity index (χ1n) is 7.57. The number of carbonyl (C=O) groups is 2. The maximum Gasteiger partial charge on any atom is 0.355 e. The van der Waals surface area contributed by atoms with Crippen LogP contribution in [-0.2, 0) is 33.9 Å². The molecular weight excluding hydrogens is 294 g/mol. The first kappa shape index (κ1) is 16.8. The number of benzene rings is 1. The van der Waals surface area contributed by atoms with Crippen LogP contribution in [0.2, 0.25) is 0 Å². The van der Waals surface area contributed by atoms with Crippen LogP contribution in [0.4, 0.5) is 0 Å². The lowest BCUT2D eigenvalue weighted by Crippen LogP contribution is -2.08. The number of hydrogen-bond donors (Lipinski definition) is 1. The van der Waals surface area contributed by atoms with Crippen LogP contribution >= 0.6 is 0 Å². The largest absolute Gasteiger partial charge is 0.459 e. The molecule has 5 nitrogen and oxygen atoms in total. The maximum absolute atomic E-state index is 12.3. The molecule has 1 aromatic heterocycles. The van der Waals surface area contributed by atoms with Gasteiger partial charge in [-0.3, -0.25) is 4.79 Å². The van der Waals surface area contributed by atoms with Crippen molar-refractivity contribution in [1.82, 2.24) is 4.98 Å². The van der Waals surface area contributed by atoms with Crippen LogP contribution in [0.1, 0.15) is 46.7 Å². The van der Waals surface area contributed by atoms with E-state index in [2.05, 4.69) is 4.98 Å². The molecule has 0 spiro atoms. The van der Waals surface area contributed by atoms with E-state index in [1.165, 1.54) is 6.92 Å². The van der Waals surface area contributed by atoms with E-state index >= 15 is 0 Å². The third kappa shape index (κ3) is 4.22. The molecule has 5 heteroatoms. The molecule has 0 amide bonds. The first-order chi connectivity index (χ1) is 11.0. The van der Waals surface area contributed by atoms with Crippen molar-refractivity contribution in [3.8, 4) is 0 Å². The van der Waals surface area contributed by atoms with Crippen molar-refractivity contribution >= 4 is 11.9 Å². The summed E-state index contributed by atoms with van der Waals surface area (Å²) in [7, 11) is 0. The summed E-state index contributed by atoms with van der Waals surface area (Å²) in [4.78, 5) is 26.3. The molecule has 0 saturated heterocycles. The van der Waals surface area contributed by atoms with Gasteiger partial charge in [-0.05, 0) is 30.0 Å². The van der Waals surface area contributed by atoms with E-state index in [9.17, 15) is 9.59 Å². The average Bonchev–Trinajstić information content (AvgIpc) is 2.87. The quantitative estimate of drug-likeness (QED) is 0.830. The fourth-order valence-electron chi connectivity index (χ4n) is 2.42. The Hall–Kier alpha value is -2.56. The van der Waals surface area contributed by atoms with Gasteiger partial charge in [0.25, 0.3) is 0 Å². The number of aromatic nitrogens is 1. The van der Waals surface area contributed by atoms with Gasteiger partial charge in [-0.2, -0.15) is 0 Å². The number of carbonyl (C=O) groups excluding carboxylic acids is 2.